The molecule has 0 radical (unpaired) electrons. The zero-order chi connectivity index (χ0) is 19.4. The van der Waals surface area contributed by atoms with Crippen molar-refractivity contribution in [2.24, 2.45) is 4.99 Å². The SMILES string of the molecule is CCCC(O)(CCC)CN=C(NCC)NCCCc1nc(C(C)C)no1. The van der Waals surface area contributed by atoms with Gasteiger partial charge in [0.1, 0.15) is 0 Å². The molecule has 7 heteroatoms. The van der Waals surface area contributed by atoms with Gasteiger partial charge < -0.3 is 20.3 Å². The molecule has 0 atom stereocenters. The van der Waals surface area contributed by atoms with Crippen LogP contribution in [0.1, 0.15) is 84.4 Å². The first-order valence-electron chi connectivity index (χ1n) is 10.0. The van der Waals surface area contributed by atoms with E-state index in [-0.39, 0.29) is 5.92 Å². The molecule has 0 aromatic carbocycles. The van der Waals surface area contributed by atoms with Crippen LogP contribution in [0.2, 0.25) is 0 Å². The van der Waals surface area contributed by atoms with Gasteiger partial charge in [0.2, 0.25) is 5.89 Å². The van der Waals surface area contributed by atoms with Gasteiger partial charge in [0, 0.05) is 25.4 Å². The highest BCUT2D eigenvalue weighted by Crippen LogP contribution is 2.19. The Labute approximate surface area is 158 Å². The Bertz CT molecular complexity index is 522. The van der Waals surface area contributed by atoms with Crippen LogP contribution >= 0.6 is 0 Å². The zero-order valence-corrected chi connectivity index (χ0v) is 17.1. The third kappa shape index (κ3) is 8.17. The molecule has 0 saturated carbocycles. The van der Waals surface area contributed by atoms with Crippen LogP contribution in [0.15, 0.2) is 9.52 Å². The maximum Gasteiger partial charge on any atom is 0.226 e. The van der Waals surface area contributed by atoms with Crippen molar-refractivity contribution in [3.63, 3.8) is 0 Å². The summed E-state index contributed by atoms with van der Waals surface area (Å²) in [6.45, 7) is 12.3. The van der Waals surface area contributed by atoms with Gasteiger partial charge in [0.15, 0.2) is 11.8 Å². The van der Waals surface area contributed by atoms with E-state index in [9.17, 15) is 5.11 Å². The van der Waals surface area contributed by atoms with Gasteiger partial charge in [0.05, 0.1) is 12.1 Å². The van der Waals surface area contributed by atoms with Crippen LogP contribution in [0.4, 0.5) is 0 Å². The molecule has 0 aliphatic heterocycles. The van der Waals surface area contributed by atoms with Gasteiger partial charge in [-0.15, -0.1) is 0 Å². The molecule has 1 aromatic heterocycles. The van der Waals surface area contributed by atoms with E-state index in [1.165, 1.54) is 0 Å². The lowest BCUT2D eigenvalue weighted by Gasteiger charge is -2.26. The standard InChI is InChI=1S/C19H37N5O2/c1-6-11-19(25,12-7-2)14-22-18(20-8-3)21-13-9-10-16-23-17(15(4)5)24-26-16/h15,25H,6-14H2,1-5H3,(H2,20,21,22). The minimum absolute atomic E-state index is 0.281. The minimum Gasteiger partial charge on any atom is -0.388 e. The molecule has 150 valence electrons. The average Bonchev–Trinajstić information content (AvgIpc) is 3.06. The van der Waals surface area contributed by atoms with Gasteiger partial charge in [-0.2, -0.15) is 4.98 Å². The third-order valence-electron chi connectivity index (χ3n) is 4.17. The van der Waals surface area contributed by atoms with E-state index in [1.54, 1.807) is 0 Å². The molecule has 7 nitrogen and oxygen atoms in total. The number of nitrogens with zero attached hydrogens (tertiary/aromatic N) is 3. The summed E-state index contributed by atoms with van der Waals surface area (Å²) in [6, 6.07) is 0. The summed E-state index contributed by atoms with van der Waals surface area (Å²) in [6.07, 6.45) is 5.08. The van der Waals surface area contributed by atoms with Crippen molar-refractivity contribution in [1.29, 1.82) is 0 Å². The molecule has 0 unspecified atom stereocenters. The van der Waals surface area contributed by atoms with E-state index < -0.39 is 5.60 Å². The Hall–Kier alpha value is -1.63. The number of hydrogen-bond donors (Lipinski definition) is 3. The summed E-state index contributed by atoms with van der Waals surface area (Å²) in [7, 11) is 0. The Morgan fingerprint density at radius 1 is 1.19 bits per heavy atom. The molecular formula is C19H37N5O2. The fourth-order valence-corrected chi connectivity index (χ4v) is 2.83. The van der Waals surface area contributed by atoms with Gasteiger partial charge in [-0.25, -0.2) is 0 Å². The molecule has 0 aliphatic rings. The van der Waals surface area contributed by atoms with Crippen LogP contribution < -0.4 is 10.6 Å². The van der Waals surface area contributed by atoms with Crippen LogP contribution in [-0.2, 0) is 6.42 Å². The molecular weight excluding hydrogens is 330 g/mol. The molecule has 0 spiro atoms. The second-order valence-electron chi connectivity index (χ2n) is 7.15. The Morgan fingerprint density at radius 3 is 2.42 bits per heavy atom. The van der Waals surface area contributed by atoms with Crippen LogP contribution in [-0.4, -0.2) is 46.4 Å². The Balaban J connectivity index is 2.48. The van der Waals surface area contributed by atoms with Crippen molar-refractivity contribution in [2.75, 3.05) is 19.6 Å². The maximum absolute atomic E-state index is 10.7. The largest absolute Gasteiger partial charge is 0.388 e. The summed E-state index contributed by atoms with van der Waals surface area (Å²) in [5.41, 5.74) is -0.705. The molecule has 3 N–H and O–H groups in total. The monoisotopic (exact) mass is 367 g/mol. The minimum atomic E-state index is -0.705. The van der Waals surface area contributed by atoms with Crippen LogP contribution in [0, 0.1) is 0 Å². The smallest absolute Gasteiger partial charge is 0.226 e. The van der Waals surface area contributed by atoms with Crippen molar-refractivity contribution < 1.29 is 9.63 Å². The Morgan fingerprint density at radius 2 is 1.88 bits per heavy atom. The van der Waals surface area contributed by atoms with Crippen LogP contribution in [0.5, 0.6) is 0 Å². The molecule has 1 rings (SSSR count). The predicted octanol–water partition coefficient (Wildman–Crippen LogP) is 3.01. The van der Waals surface area contributed by atoms with Crippen molar-refractivity contribution in [3.8, 4) is 0 Å². The highest BCUT2D eigenvalue weighted by molar-refractivity contribution is 5.79. The summed E-state index contributed by atoms with van der Waals surface area (Å²) < 4.78 is 5.26. The van der Waals surface area contributed by atoms with Gasteiger partial charge in [0.25, 0.3) is 0 Å². The number of rotatable bonds is 12. The first-order valence-corrected chi connectivity index (χ1v) is 10.0. The second kappa shape index (κ2) is 11.9. The van der Waals surface area contributed by atoms with E-state index in [0.29, 0.717) is 12.4 Å². The fourth-order valence-electron chi connectivity index (χ4n) is 2.83. The fraction of sp³-hybridized carbons (Fsp3) is 0.842. The van der Waals surface area contributed by atoms with Crippen LogP contribution in [0.3, 0.4) is 0 Å². The number of guanidine groups is 1. The topological polar surface area (TPSA) is 95.6 Å². The van der Waals surface area contributed by atoms with Gasteiger partial charge in [-0.1, -0.05) is 45.7 Å². The van der Waals surface area contributed by atoms with E-state index in [0.717, 1.165) is 63.4 Å². The first-order chi connectivity index (χ1) is 12.4. The Kier molecular flexibility index (Phi) is 10.2. The van der Waals surface area contributed by atoms with Crippen LogP contribution in [0.25, 0.3) is 0 Å². The lowest BCUT2D eigenvalue weighted by molar-refractivity contribution is 0.0306. The summed E-state index contributed by atoms with van der Waals surface area (Å²) >= 11 is 0. The number of aryl methyl sites for hydroxylation is 1. The quantitative estimate of drug-likeness (QED) is 0.299. The molecule has 0 bridgehead atoms. The normalized spacial score (nSPS) is 12.7. The van der Waals surface area contributed by atoms with Crippen molar-refractivity contribution in [1.82, 2.24) is 20.8 Å². The van der Waals surface area contributed by atoms with Gasteiger partial charge >= 0.3 is 0 Å². The van der Waals surface area contributed by atoms with Gasteiger partial charge in [-0.05, 0) is 26.2 Å². The lowest BCUT2D eigenvalue weighted by atomic mass is 9.93. The number of hydrogen-bond acceptors (Lipinski definition) is 5. The lowest BCUT2D eigenvalue weighted by Crippen LogP contribution is -2.40. The predicted molar refractivity (Wildman–Crippen MR) is 105 cm³/mol. The average molecular weight is 368 g/mol. The van der Waals surface area contributed by atoms with E-state index in [2.05, 4.69) is 39.6 Å². The molecule has 0 fully saturated rings. The second-order valence-corrected chi connectivity index (χ2v) is 7.15. The van der Waals surface area contributed by atoms with Crippen molar-refractivity contribution in [3.05, 3.63) is 11.7 Å². The van der Waals surface area contributed by atoms with E-state index in [1.807, 2.05) is 20.8 Å². The maximum atomic E-state index is 10.7. The number of aromatic nitrogens is 2. The first kappa shape index (κ1) is 22.4. The van der Waals surface area contributed by atoms with E-state index in [4.69, 9.17) is 4.52 Å². The third-order valence-corrected chi connectivity index (χ3v) is 4.17. The molecule has 0 amide bonds. The molecule has 0 saturated heterocycles. The number of nitrogens with one attached hydrogen (secondary N) is 2. The zero-order valence-electron chi connectivity index (χ0n) is 17.1. The van der Waals surface area contributed by atoms with Crippen molar-refractivity contribution >= 4 is 5.96 Å². The van der Waals surface area contributed by atoms with Gasteiger partial charge in [-0.3, -0.25) is 4.99 Å². The summed E-state index contributed by atoms with van der Waals surface area (Å²) in [5.74, 6) is 2.46. The molecule has 1 aromatic rings. The summed E-state index contributed by atoms with van der Waals surface area (Å²) in [4.78, 5) is 8.98. The van der Waals surface area contributed by atoms with Crippen molar-refractivity contribution in [2.45, 2.75) is 84.7 Å². The molecule has 26 heavy (non-hydrogen) atoms. The summed E-state index contributed by atoms with van der Waals surface area (Å²) in [5, 5.41) is 21.2. The highest BCUT2D eigenvalue weighted by Gasteiger charge is 2.24. The van der Waals surface area contributed by atoms with E-state index >= 15 is 0 Å². The highest BCUT2D eigenvalue weighted by atomic mass is 16.5. The number of aliphatic imine (C=N–C) groups is 1. The molecule has 1 heterocycles. The molecule has 0 aliphatic carbocycles. The number of aliphatic hydroxyl groups is 1.